The molecular formula is C5H11ClN2O2. The molecule has 4 nitrogen and oxygen atoms in total. The first-order chi connectivity index (χ1) is 4.81. The summed E-state index contributed by atoms with van der Waals surface area (Å²) in [7, 11) is 0. The Balaban J connectivity index is 2.96. The number of esters is 1. The van der Waals surface area contributed by atoms with Gasteiger partial charge in [-0.05, 0) is 0 Å². The molecule has 0 rings (SSSR count). The Kier molecular flexibility index (Phi) is 6.58. The molecule has 0 saturated heterocycles. The van der Waals surface area contributed by atoms with Crippen LogP contribution in [-0.4, -0.2) is 31.7 Å². The van der Waals surface area contributed by atoms with Crippen LogP contribution in [0.25, 0.3) is 0 Å². The number of nitrogens with one attached hydrogen (secondary N) is 1. The van der Waals surface area contributed by atoms with Gasteiger partial charge in [0.05, 0.1) is 0 Å². The lowest BCUT2D eigenvalue weighted by Gasteiger charge is -2.02. The lowest BCUT2D eigenvalue weighted by atomic mass is 10.7. The van der Waals surface area contributed by atoms with E-state index in [4.69, 9.17) is 17.3 Å². The van der Waals surface area contributed by atoms with Crippen LogP contribution in [0.15, 0.2) is 0 Å². The van der Waals surface area contributed by atoms with Gasteiger partial charge in [-0.2, -0.15) is 0 Å². The summed E-state index contributed by atoms with van der Waals surface area (Å²) >= 11 is 5.14. The maximum atomic E-state index is 10.3. The summed E-state index contributed by atoms with van der Waals surface area (Å²) in [5.74, 6) is -0.532. The SMILES string of the molecule is NCCNCOC(=O)CCl. The number of alkyl halides is 1. The zero-order valence-corrected chi connectivity index (χ0v) is 6.36. The maximum absolute atomic E-state index is 10.3. The highest BCUT2D eigenvalue weighted by Crippen LogP contribution is 1.79. The van der Waals surface area contributed by atoms with E-state index in [0.717, 1.165) is 0 Å². The van der Waals surface area contributed by atoms with Crippen molar-refractivity contribution in [3.8, 4) is 0 Å². The molecule has 0 amide bonds. The van der Waals surface area contributed by atoms with Crippen LogP contribution >= 0.6 is 11.6 Å². The van der Waals surface area contributed by atoms with Crippen LogP contribution in [0.1, 0.15) is 0 Å². The summed E-state index contributed by atoms with van der Waals surface area (Å²) in [5.41, 5.74) is 5.15. The Bertz CT molecular complexity index is 99.6. The van der Waals surface area contributed by atoms with E-state index in [1.54, 1.807) is 0 Å². The number of hydrogen-bond acceptors (Lipinski definition) is 4. The third kappa shape index (κ3) is 5.81. The number of rotatable bonds is 5. The monoisotopic (exact) mass is 166 g/mol. The van der Waals surface area contributed by atoms with Gasteiger partial charge in [-0.1, -0.05) is 0 Å². The highest BCUT2D eigenvalue weighted by atomic mass is 35.5. The molecule has 0 spiro atoms. The summed E-state index contributed by atoms with van der Waals surface area (Å²) in [5, 5.41) is 2.77. The Labute approximate surface area is 64.7 Å². The van der Waals surface area contributed by atoms with Gasteiger partial charge < -0.3 is 10.5 Å². The van der Waals surface area contributed by atoms with Crippen molar-refractivity contribution in [1.82, 2.24) is 5.32 Å². The van der Waals surface area contributed by atoms with E-state index in [1.165, 1.54) is 0 Å². The van der Waals surface area contributed by atoms with Crippen molar-refractivity contribution in [1.29, 1.82) is 0 Å². The maximum Gasteiger partial charge on any atom is 0.322 e. The third-order valence-electron chi connectivity index (χ3n) is 0.765. The fourth-order valence-electron chi connectivity index (χ4n) is 0.344. The number of carbonyl (C=O) groups excluding carboxylic acids is 1. The van der Waals surface area contributed by atoms with E-state index < -0.39 is 5.97 Å². The highest BCUT2D eigenvalue weighted by Gasteiger charge is 1.96. The Hall–Kier alpha value is -0.320. The Morgan fingerprint density at radius 3 is 2.90 bits per heavy atom. The number of hydrogen-bond donors (Lipinski definition) is 2. The van der Waals surface area contributed by atoms with E-state index in [0.29, 0.717) is 13.1 Å². The zero-order chi connectivity index (χ0) is 7.82. The van der Waals surface area contributed by atoms with Crippen LogP contribution in [0.4, 0.5) is 0 Å². The summed E-state index contributed by atoms with van der Waals surface area (Å²) in [6, 6.07) is 0. The van der Waals surface area contributed by atoms with Crippen molar-refractivity contribution < 1.29 is 9.53 Å². The van der Waals surface area contributed by atoms with Crippen LogP contribution in [0.5, 0.6) is 0 Å². The molecule has 5 heteroatoms. The topological polar surface area (TPSA) is 64.3 Å². The van der Waals surface area contributed by atoms with E-state index in [-0.39, 0.29) is 12.6 Å². The number of ether oxygens (including phenoxy) is 1. The van der Waals surface area contributed by atoms with Gasteiger partial charge in [0.15, 0.2) is 0 Å². The van der Waals surface area contributed by atoms with Gasteiger partial charge in [-0.3, -0.25) is 10.1 Å². The first kappa shape index (κ1) is 9.68. The lowest BCUT2D eigenvalue weighted by molar-refractivity contribution is -0.141. The number of nitrogens with two attached hydrogens (primary N) is 1. The predicted octanol–water partition coefficient (Wildman–Crippen LogP) is -0.726. The van der Waals surface area contributed by atoms with Crippen LogP contribution in [0, 0.1) is 0 Å². The molecule has 0 aliphatic carbocycles. The molecule has 3 N–H and O–H groups in total. The fraction of sp³-hybridized carbons (Fsp3) is 0.800. The van der Waals surface area contributed by atoms with Crippen molar-refractivity contribution >= 4 is 17.6 Å². The van der Waals surface area contributed by atoms with Crippen molar-refractivity contribution in [2.24, 2.45) is 5.73 Å². The summed E-state index contributed by atoms with van der Waals surface area (Å²) in [4.78, 5) is 10.3. The molecular weight excluding hydrogens is 156 g/mol. The van der Waals surface area contributed by atoms with Gasteiger partial charge >= 0.3 is 5.97 Å². The lowest BCUT2D eigenvalue weighted by Crippen LogP contribution is -2.26. The number of carbonyl (C=O) groups is 1. The molecule has 0 aliphatic heterocycles. The first-order valence-corrected chi connectivity index (χ1v) is 3.47. The van der Waals surface area contributed by atoms with Crippen LogP contribution in [-0.2, 0) is 9.53 Å². The van der Waals surface area contributed by atoms with Gasteiger partial charge in [0, 0.05) is 13.1 Å². The molecule has 0 radical (unpaired) electrons. The van der Waals surface area contributed by atoms with Crippen LogP contribution < -0.4 is 11.1 Å². The molecule has 10 heavy (non-hydrogen) atoms. The van der Waals surface area contributed by atoms with Gasteiger partial charge in [0.1, 0.15) is 12.6 Å². The minimum absolute atomic E-state index is 0.107. The van der Waals surface area contributed by atoms with E-state index >= 15 is 0 Å². The Morgan fingerprint density at radius 2 is 2.40 bits per heavy atom. The summed E-state index contributed by atoms with van der Waals surface area (Å²) in [6.07, 6.45) is 0. The second-order valence-corrected chi connectivity index (χ2v) is 1.85. The highest BCUT2D eigenvalue weighted by molar-refractivity contribution is 6.26. The molecule has 0 fully saturated rings. The molecule has 0 saturated carbocycles. The third-order valence-corrected chi connectivity index (χ3v) is 0.984. The molecule has 0 aromatic rings. The average Bonchev–Trinajstić information content (AvgIpc) is 1.98. The minimum Gasteiger partial charge on any atom is -0.449 e. The van der Waals surface area contributed by atoms with E-state index in [9.17, 15) is 4.79 Å². The largest absolute Gasteiger partial charge is 0.449 e. The van der Waals surface area contributed by atoms with Crippen molar-refractivity contribution in [3.05, 3.63) is 0 Å². The summed E-state index contributed by atoms with van der Waals surface area (Å²) < 4.78 is 4.56. The first-order valence-electron chi connectivity index (χ1n) is 2.93. The smallest absolute Gasteiger partial charge is 0.322 e. The molecule has 0 unspecified atom stereocenters. The summed E-state index contributed by atoms with van der Waals surface area (Å²) in [6.45, 7) is 1.34. The Morgan fingerprint density at radius 1 is 1.70 bits per heavy atom. The molecule has 0 aliphatic rings. The van der Waals surface area contributed by atoms with Crippen molar-refractivity contribution in [2.45, 2.75) is 0 Å². The van der Waals surface area contributed by atoms with Gasteiger partial charge in [-0.15, -0.1) is 11.6 Å². The van der Waals surface area contributed by atoms with Gasteiger partial charge in [-0.25, -0.2) is 0 Å². The molecule has 0 bridgehead atoms. The van der Waals surface area contributed by atoms with Gasteiger partial charge in [0.25, 0.3) is 0 Å². The standard InChI is InChI=1S/C5H11ClN2O2/c6-3-5(9)10-4-8-2-1-7/h8H,1-4,7H2. The second kappa shape index (κ2) is 6.80. The quantitative estimate of drug-likeness (QED) is 0.245. The molecule has 0 aromatic heterocycles. The normalized spacial score (nSPS) is 9.40. The molecule has 0 atom stereocenters. The minimum atomic E-state index is -0.425. The molecule has 60 valence electrons. The van der Waals surface area contributed by atoms with Crippen molar-refractivity contribution in [2.75, 3.05) is 25.7 Å². The predicted molar refractivity (Wildman–Crippen MR) is 38.7 cm³/mol. The zero-order valence-electron chi connectivity index (χ0n) is 5.60. The molecule has 0 heterocycles. The van der Waals surface area contributed by atoms with Gasteiger partial charge in [0.2, 0.25) is 0 Å². The van der Waals surface area contributed by atoms with Crippen molar-refractivity contribution in [3.63, 3.8) is 0 Å². The van der Waals surface area contributed by atoms with Crippen LogP contribution in [0.2, 0.25) is 0 Å². The second-order valence-electron chi connectivity index (χ2n) is 1.58. The average molecular weight is 167 g/mol. The van der Waals surface area contributed by atoms with E-state index in [2.05, 4.69) is 10.1 Å². The molecule has 0 aromatic carbocycles. The van der Waals surface area contributed by atoms with Crippen LogP contribution in [0.3, 0.4) is 0 Å². The number of halogens is 1. The fourth-order valence-corrected chi connectivity index (χ4v) is 0.421. The van der Waals surface area contributed by atoms with E-state index in [1.807, 2.05) is 0 Å².